The van der Waals surface area contributed by atoms with Gasteiger partial charge in [-0.05, 0) is 38.0 Å². The summed E-state index contributed by atoms with van der Waals surface area (Å²) in [5.74, 6) is -0.0484. The number of rotatable bonds is 4. The molecule has 2 unspecified atom stereocenters. The molecule has 3 N–H and O–H groups in total. The molecule has 5 heteroatoms. The van der Waals surface area contributed by atoms with Gasteiger partial charge in [-0.25, -0.2) is 4.79 Å². The van der Waals surface area contributed by atoms with Crippen LogP contribution in [-0.2, 0) is 4.79 Å². The van der Waals surface area contributed by atoms with Crippen LogP contribution in [0.5, 0.6) is 0 Å². The number of amides is 2. The van der Waals surface area contributed by atoms with Gasteiger partial charge in [0.2, 0.25) is 0 Å². The number of nitrogens with one attached hydrogen (secondary N) is 2. The van der Waals surface area contributed by atoms with Crippen LogP contribution in [0.25, 0.3) is 0 Å². The van der Waals surface area contributed by atoms with Crippen molar-refractivity contribution in [2.75, 3.05) is 6.54 Å². The molecule has 0 aliphatic heterocycles. The molecule has 2 amide bonds. The topological polar surface area (TPSA) is 78.4 Å². The minimum atomic E-state index is -0.795. The maximum Gasteiger partial charge on any atom is 0.315 e. The molecule has 0 aromatic carbocycles. The van der Waals surface area contributed by atoms with Crippen molar-refractivity contribution in [3.05, 3.63) is 0 Å². The van der Waals surface area contributed by atoms with Gasteiger partial charge >= 0.3 is 12.0 Å². The van der Waals surface area contributed by atoms with Crippen molar-refractivity contribution in [1.29, 1.82) is 0 Å². The molecule has 0 aromatic heterocycles. The lowest BCUT2D eigenvalue weighted by molar-refractivity contribution is -0.143. The molecule has 0 heterocycles. The summed E-state index contributed by atoms with van der Waals surface area (Å²) < 4.78 is 0. The quantitative estimate of drug-likeness (QED) is 0.683. The Bertz CT molecular complexity index is 353. The zero-order chi connectivity index (χ0) is 13.9. The molecule has 0 saturated heterocycles. The molecule has 2 atom stereocenters. The fourth-order valence-corrected chi connectivity index (χ4v) is 2.73. The third-order valence-corrected chi connectivity index (χ3v) is 4.49. The van der Waals surface area contributed by atoms with Gasteiger partial charge in [0.15, 0.2) is 0 Å². The second-order valence-electron chi connectivity index (χ2n) is 6.22. The Morgan fingerprint density at radius 3 is 2.58 bits per heavy atom. The van der Waals surface area contributed by atoms with E-state index in [0.717, 1.165) is 31.6 Å². The monoisotopic (exact) mass is 268 g/mol. The van der Waals surface area contributed by atoms with Gasteiger partial charge in [-0.3, -0.25) is 4.79 Å². The summed E-state index contributed by atoms with van der Waals surface area (Å²) in [6.45, 7) is 2.50. The standard InChI is InChI=1S/C14H24N2O3/c1-10-3-2-4-11(6-5-10)16-13(19)15-9-14(7-8-14)12(17)18/h10-11H,2-9H2,1H3,(H,17,18)(H2,15,16,19). The van der Waals surface area contributed by atoms with Crippen LogP contribution in [0, 0.1) is 11.3 Å². The SMILES string of the molecule is CC1CCCC(NC(=O)NCC2(C(=O)O)CC2)CC1. The van der Waals surface area contributed by atoms with E-state index in [9.17, 15) is 9.59 Å². The molecule has 2 rings (SSSR count). The van der Waals surface area contributed by atoms with E-state index in [-0.39, 0.29) is 18.6 Å². The van der Waals surface area contributed by atoms with E-state index < -0.39 is 11.4 Å². The first kappa shape index (κ1) is 14.2. The number of aliphatic carboxylic acids is 1. The Morgan fingerprint density at radius 2 is 1.95 bits per heavy atom. The maximum atomic E-state index is 11.8. The summed E-state index contributed by atoms with van der Waals surface area (Å²) in [5.41, 5.74) is -0.685. The summed E-state index contributed by atoms with van der Waals surface area (Å²) in [4.78, 5) is 22.8. The molecular formula is C14H24N2O3. The average molecular weight is 268 g/mol. The van der Waals surface area contributed by atoms with Crippen LogP contribution in [0.1, 0.15) is 51.9 Å². The molecule has 0 spiro atoms. The average Bonchev–Trinajstić information content (AvgIpc) is 3.14. The molecule has 0 radical (unpaired) electrons. The van der Waals surface area contributed by atoms with E-state index in [1.807, 2.05) is 0 Å². The van der Waals surface area contributed by atoms with Crippen molar-refractivity contribution in [2.24, 2.45) is 11.3 Å². The summed E-state index contributed by atoms with van der Waals surface area (Å²) in [5, 5.41) is 14.7. The highest BCUT2D eigenvalue weighted by Crippen LogP contribution is 2.45. The van der Waals surface area contributed by atoms with Gasteiger partial charge in [-0.2, -0.15) is 0 Å². The third-order valence-electron chi connectivity index (χ3n) is 4.49. The van der Waals surface area contributed by atoms with Gasteiger partial charge in [-0.15, -0.1) is 0 Å². The normalized spacial score (nSPS) is 29.1. The van der Waals surface area contributed by atoms with Crippen LogP contribution < -0.4 is 10.6 Å². The Hall–Kier alpha value is -1.26. The van der Waals surface area contributed by atoms with Crippen LogP contribution in [-0.4, -0.2) is 29.7 Å². The molecule has 108 valence electrons. The number of carbonyl (C=O) groups excluding carboxylic acids is 1. The highest BCUT2D eigenvalue weighted by molar-refractivity contribution is 5.80. The molecule has 2 aliphatic carbocycles. The molecule has 2 fully saturated rings. The molecule has 5 nitrogen and oxygen atoms in total. The lowest BCUT2D eigenvalue weighted by Gasteiger charge is -2.18. The molecule has 2 aliphatic rings. The van der Waals surface area contributed by atoms with E-state index in [1.165, 1.54) is 6.42 Å². The van der Waals surface area contributed by atoms with Crippen molar-refractivity contribution in [3.8, 4) is 0 Å². The fourth-order valence-electron chi connectivity index (χ4n) is 2.73. The first-order valence-electron chi connectivity index (χ1n) is 7.30. The molecule has 2 saturated carbocycles. The van der Waals surface area contributed by atoms with Gasteiger partial charge in [0.1, 0.15) is 0 Å². The van der Waals surface area contributed by atoms with E-state index >= 15 is 0 Å². The zero-order valence-corrected chi connectivity index (χ0v) is 11.6. The van der Waals surface area contributed by atoms with Gasteiger partial charge < -0.3 is 15.7 Å². The van der Waals surface area contributed by atoms with Crippen LogP contribution >= 0.6 is 0 Å². The Morgan fingerprint density at radius 1 is 1.21 bits per heavy atom. The largest absolute Gasteiger partial charge is 0.481 e. The highest BCUT2D eigenvalue weighted by Gasteiger charge is 2.50. The van der Waals surface area contributed by atoms with Crippen LogP contribution in [0.3, 0.4) is 0 Å². The molecular weight excluding hydrogens is 244 g/mol. The Balaban J connectivity index is 1.71. The van der Waals surface area contributed by atoms with Gasteiger partial charge in [-0.1, -0.05) is 19.8 Å². The predicted molar refractivity (Wildman–Crippen MR) is 71.9 cm³/mol. The summed E-state index contributed by atoms with van der Waals surface area (Å²) in [6, 6.07) is 0.0250. The van der Waals surface area contributed by atoms with Crippen molar-refractivity contribution in [3.63, 3.8) is 0 Å². The number of carboxylic acids is 1. The molecule has 0 bridgehead atoms. The van der Waals surface area contributed by atoms with E-state index in [2.05, 4.69) is 17.6 Å². The van der Waals surface area contributed by atoms with Crippen molar-refractivity contribution < 1.29 is 14.7 Å². The number of hydrogen-bond acceptors (Lipinski definition) is 2. The second-order valence-corrected chi connectivity index (χ2v) is 6.22. The number of carbonyl (C=O) groups is 2. The first-order valence-corrected chi connectivity index (χ1v) is 7.30. The summed E-state index contributed by atoms with van der Waals surface area (Å²) >= 11 is 0. The number of hydrogen-bond donors (Lipinski definition) is 3. The Kier molecular flexibility index (Phi) is 4.32. The van der Waals surface area contributed by atoms with E-state index in [0.29, 0.717) is 12.8 Å². The predicted octanol–water partition coefficient (Wildman–Crippen LogP) is 2.12. The maximum absolute atomic E-state index is 11.8. The molecule has 19 heavy (non-hydrogen) atoms. The highest BCUT2D eigenvalue weighted by atomic mass is 16.4. The van der Waals surface area contributed by atoms with Crippen LogP contribution in [0.4, 0.5) is 4.79 Å². The van der Waals surface area contributed by atoms with Crippen LogP contribution in [0.2, 0.25) is 0 Å². The fraction of sp³-hybridized carbons (Fsp3) is 0.857. The van der Waals surface area contributed by atoms with Crippen molar-refractivity contribution in [2.45, 2.75) is 57.9 Å². The number of carboxylic acid groups (broad SMARTS) is 1. The minimum absolute atomic E-state index is 0.216. The number of urea groups is 1. The van der Waals surface area contributed by atoms with Gasteiger partial charge in [0.05, 0.1) is 5.41 Å². The minimum Gasteiger partial charge on any atom is -0.481 e. The van der Waals surface area contributed by atoms with E-state index in [4.69, 9.17) is 5.11 Å². The summed E-state index contributed by atoms with van der Waals surface area (Å²) in [6.07, 6.45) is 6.95. The van der Waals surface area contributed by atoms with E-state index in [1.54, 1.807) is 0 Å². The van der Waals surface area contributed by atoms with Crippen LogP contribution in [0.15, 0.2) is 0 Å². The van der Waals surface area contributed by atoms with Crippen molar-refractivity contribution in [1.82, 2.24) is 10.6 Å². The Labute approximate surface area is 114 Å². The molecule has 0 aromatic rings. The lowest BCUT2D eigenvalue weighted by Crippen LogP contribution is -2.44. The van der Waals surface area contributed by atoms with Gasteiger partial charge in [0, 0.05) is 12.6 Å². The second kappa shape index (κ2) is 5.80. The van der Waals surface area contributed by atoms with Crippen molar-refractivity contribution >= 4 is 12.0 Å². The lowest BCUT2D eigenvalue weighted by atomic mass is 10.0. The first-order chi connectivity index (χ1) is 9.02. The third kappa shape index (κ3) is 3.85. The van der Waals surface area contributed by atoms with Gasteiger partial charge in [0.25, 0.3) is 0 Å². The summed E-state index contributed by atoms with van der Waals surface area (Å²) in [7, 11) is 0. The smallest absolute Gasteiger partial charge is 0.315 e. The zero-order valence-electron chi connectivity index (χ0n) is 11.6.